The summed E-state index contributed by atoms with van der Waals surface area (Å²) >= 11 is 0. The molecule has 0 saturated carbocycles. The highest BCUT2D eigenvalue weighted by Gasteiger charge is 2.28. The molecule has 0 aromatic heterocycles. The molecule has 0 aliphatic heterocycles. The average molecular weight is 222 g/mol. The van der Waals surface area contributed by atoms with Crippen molar-refractivity contribution in [2.75, 3.05) is 0 Å². The molecule has 0 bridgehead atoms. The van der Waals surface area contributed by atoms with Crippen LogP contribution in [0.25, 0.3) is 12.2 Å². The second-order valence-corrected chi connectivity index (χ2v) is 5.65. The Hall–Kier alpha value is -1.56. The van der Waals surface area contributed by atoms with Gasteiger partial charge in [0.1, 0.15) is 0 Å². The van der Waals surface area contributed by atoms with Crippen molar-refractivity contribution in [2.45, 2.75) is 27.2 Å². The molecule has 2 aliphatic rings. The lowest BCUT2D eigenvalue weighted by atomic mass is 9.71. The Bertz CT molecular complexity index is 656. The first kappa shape index (κ1) is 10.6. The molecular formula is C17H18. The minimum Gasteiger partial charge on any atom is -0.0721 e. The normalized spacial score (nSPS) is 25.8. The van der Waals surface area contributed by atoms with Gasteiger partial charge in [-0.25, -0.2) is 0 Å². The zero-order valence-corrected chi connectivity index (χ0v) is 10.7. The van der Waals surface area contributed by atoms with E-state index in [1.54, 1.807) is 0 Å². The lowest BCUT2D eigenvalue weighted by Gasteiger charge is -2.33. The minimum atomic E-state index is 0.196. The van der Waals surface area contributed by atoms with Gasteiger partial charge in [-0.15, -0.1) is 0 Å². The van der Waals surface area contributed by atoms with Crippen molar-refractivity contribution >= 4 is 12.2 Å². The molecule has 0 N–H and O–H groups in total. The highest BCUT2D eigenvalue weighted by molar-refractivity contribution is 5.65. The van der Waals surface area contributed by atoms with Crippen molar-refractivity contribution in [3.8, 4) is 0 Å². The molecule has 2 aliphatic carbocycles. The number of hydrogen-bond donors (Lipinski definition) is 0. The van der Waals surface area contributed by atoms with E-state index in [1.807, 2.05) is 0 Å². The Labute approximate surface area is 103 Å². The van der Waals surface area contributed by atoms with Crippen molar-refractivity contribution in [1.29, 1.82) is 0 Å². The highest BCUT2D eigenvalue weighted by atomic mass is 14.3. The van der Waals surface area contributed by atoms with Crippen LogP contribution in [-0.2, 0) is 0 Å². The van der Waals surface area contributed by atoms with Gasteiger partial charge in [-0.1, -0.05) is 60.6 Å². The van der Waals surface area contributed by atoms with Gasteiger partial charge in [-0.2, -0.15) is 0 Å². The van der Waals surface area contributed by atoms with Crippen molar-refractivity contribution in [3.63, 3.8) is 0 Å². The van der Waals surface area contributed by atoms with Gasteiger partial charge in [0.05, 0.1) is 0 Å². The summed E-state index contributed by atoms with van der Waals surface area (Å²) in [5.41, 5.74) is 4.44. The summed E-state index contributed by atoms with van der Waals surface area (Å²) in [6.45, 7) is 6.72. The molecule has 1 aromatic carbocycles. The van der Waals surface area contributed by atoms with Gasteiger partial charge in [0.15, 0.2) is 0 Å². The fourth-order valence-electron chi connectivity index (χ4n) is 2.97. The number of allylic oxidation sites excluding steroid dienone is 4. The van der Waals surface area contributed by atoms with E-state index in [-0.39, 0.29) is 5.41 Å². The molecule has 0 saturated heterocycles. The van der Waals surface area contributed by atoms with E-state index in [0.29, 0.717) is 0 Å². The van der Waals surface area contributed by atoms with Gasteiger partial charge in [0.2, 0.25) is 0 Å². The fraction of sp³-hybridized carbons (Fsp3) is 0.294. The molecule has 1 atom stereocenters. The maximum atomic E-state index is 2.43. The first-order valence-corrected chi connectivity index (χ1v) is 6.26. The van der Waals surface area contributed by atoms with E-state index in [0.717, 1.165) is 6.42 Å². The van der Waals surface area contributed by atoms with E-state index in [1.165, 1.54) is 27.1 Å². The molecule has 1 unspecified atom stereocenters. The molecule has 3 rings (SSSR count). The van der Waals surface area contributed by atoms with Gasteiger partial charge in [0.25, 0.3) is 0 Å². The Morgan fingerprint density at radius 2 is 1.88 bits per heavy atom. The van der Waals surface area contributed by atoms with Gasteiger partial charge in [-0.3, -0.25) is 0 Å². The summed E-state index contributed by atoms with van der Waals surface area (Å²) in [6.07, 6.45) is 10.5. The van der Waals surface area contributed by atoms with Gasteiger partial charge < -0.3 is 0 Å². The Kier molecular flexibility index (Phi) is 2.16. The topological polar surface area (TPSA) is 0 Å². The van der Waals surface area contributed by atoms with Crippen molar-refractivity contribution in [1.82, 2.24) is 0 Å². The van der Waals surface area contributed by atoms with Gasteiger partial charge in [-0.05, 0) is 36.3 Å². The maximum Gasteiger partial charge on any atom is 0.0150 e. The quantitative estimate of drug-likeness (QED) is 0.633. The molecule has 0 nitrogen and oxygen atoms in total. The second-order valence-electron chi connectivity index (χ2n) is 5.65. The van der Waals surface area contributed by atoms with Crippen LogP contribution in [-0.4, -0.2) is 0 Å². The van der Waals surface area contributed by atoms with E-state index in [9.17, 15) is 0 Å². The molecule has 86 valence electrons. The monoisotopic (exact) mass is 222 g/mol. The Balaban J connectivity index is 2.30. The van der Waals surface area contributed by atoms with Crippen LogP contribution in [0.1, 0.15) is 25.8 Å². The van der Waals surface area contributed by atoms with Crippen LogP contribution in [0.15, 0.2) is 41.5 Å². The summed E-state index contributed by atoms with van der Waals surface area (Å²) in [4.78, 5) is 0. The van der Waals surface area contributed by atoms with Crippen LogP contribution in [0.4, 0.5) is 0 Å². The summed E-state index contributed by atoms with van der Waals surface area (Å²) < 4.78 is 0. The lowest BCUT2D eigenvalue weighted by Crippen LogP contribution is -2.35. The van der Waals surface area contributed by atoms with Crippen LogP contribution in [0.3, 0.4) is 0 Å². The van der Waals surface area contributed by atoms with Gasteiger partial charge >= 0.3 is 0 Å². The first-order chi connectivity index (χ1) is 8.07. The number of aryl methyl sites for hydroxylation is 1. The van der Waals surface area contributed by atoms with Crippen LogP contribution in [0.2, 0.25) is 0 Å². The predicted molar refractivity (Wildman–Crippen MR) is 73.9 cm³/mol. The summed E-state index contributed by atoms with van der Waals surface area (Å²) in [7, 11) is 0. The molecular weight excluding hydrogens is 204 g/mol. The third kappa shape index (κ3) is 1.68. The van der Waals surface area contributed by atoms with Crippen LogP contribution < -0.4 is 10.4 Å². The molecule has 0 heterocycles. The smallest absolute Gasteiger partial charge is 0.0150 e. The lowest BCUT2D eigenvalue weighted by molar-refractivity contribution is 0.551. The minimum absolute atomic E-state index is 0.196. The fourth-order valence-corrected chi connectivity index (χ4v) is 2.97. The molecule has 1 aromatic rings. The largest absolute Gasteiger partial charge is 0.0721 e. The third-order valence-corrected chi connectivity index (χ3v) is 3.88. The number of fused-ring (bicyclic) bond motifs is 2. The molecule has 0 heteroatoms. The van der Waals surface area contributed by atoms with E-state index < -0.39 is 0 Å². The van der Waals surface area contributed by atoms with Crippen molar-refractivity contribution in [2.24, 2.45) is 5.41 Å². The van der Waals surface area contributed by atoms with Crippen LogP contribution in [0.5, 0.6) is 0 Å². The first-order valence-electron chi connectivity index (χ1n) is 6.26. The second kappa shape index (κ2) is 3.46. The van der Waals surface area contributed by atoms with E-state index in [2.05, 4.69) is 63.3 Å². The van der Waals surface area contributed by atoms with Crippen molar-refractivity contribution in [3.05, 3.63) is 57.5 Å². The maximum absolute atomic E-state index is 2.43. The standard InChI is InChI=1S/C17H18/c1-12-4-6-14-11-17(3)10-13(2)5-7-16(17)9-15(14)8-12/h4-9,11H,10H2,1-3H3. The molecule has 0 spiro atoms. The van der Waals surface area contributed by atoms with Crippen LogP contribution >= 0.6 is 0 Å². The molecule has 0 fully saturated rings. The SMILES string of the molecule is CC1=CC=C2C=c3cc(C)ccc3=CC2(C)C1. The van der Waals surface area contributed by atoms with Gasteiger partial charge in [0, 0.05) is 5.41 Å². The molecule has 0 amide bonds. The zero-order chi connectivity index (χ0) is 12.0. The predicted octanol–water partition coefficient (Wildman–Crippen LogP) is 2.85. The van der Waals surface area contributed by atoms with Crippen molar-refractivity contribution < 1.29 is 0 Å². The molecule has 0 radical (unpaired) electrons. The number of rotatable bonds is 0. The third-order valence-electron chi connectivity index (χ3n) is 3.88. The zero-order valence-electron chi connectivity index (χ0n) is 10.7. The summed E-state index contributed by atoms with van der Waals surface area (Å²) in [6, 6.07) is 6.72. The number of benzene rings is 1. The Morgan fingerprint density at radius 1 is 1.06 bits per heavy atom. The number of hydrogen-bond acceptors (Lipinski definition) is 0. The summed E-state index contributed by atoms with van der Waals surface area (Å²) in [5.74, 6) is 0. The van der Waals surface area contributed by atoms with Crippen LogP contribution in [0, 0.1) is 12.3 Å². The molecule has 17 heavy (non-hydrogen) atoms. The van der Waals surface area contributed by atoms with E-state index in [4.69, 9.17) is 0 Å². The van der Waals surface area contributed by atoms with E-state index >= 15 is 0 Å². The Morgan fingerprint density at radius 3 is 2.71 bits per heavy atom. The summed E-state index contributed by atoms with van der Waals surface area (Å²) in [5, 5.41) is 2.74. The average Bonchev–Trinajstić information content (AvgIpc) is 2.26. The highest BCUT2D eigenvalue weighted by Crippen LogP contribution is 2.40.